The van der Waals surface area contributed by atoms with Gasteiger partial charge in [-0.25, -0.2) is 0 Å². The summed E-state index contributed by atoms with van der Waals surface area (Å²) in [7, 11) is 0. The molecular weight excluding hydrogens is 228 g/mol. The average Bonchev–Trinajstić information content (AvgIpc) is 2.57. The molecule has 0 aromatic heterocycles. The third-order valence-corrected chi connectivity index (χ3v) is 4.23. The lowest BCUT2D eigenvalue weighted by molar-refractivity contribution is -0.173. The summed E-state index contributed by atoms with van der Waals surface area (Å²) in [5.41, 5.74) is -0.782. The highest BCUT2D eigenvalue weighted by Gasteiger charge is 2.37. The molecular formula is C15H28O3. The Balaban J connectivity index is 2.65. The minimum absolute atomic E-state index is 0.0832. The second-order valence-corrected chi connectivity index (χ2v) is 6.47. The Labute approximate surface area is 111 Å². The summed E-state index contributed by atoms with van der Waals surface area (Å²) >= 11 is 0. The molecule has 1 rings (SSSR count). The molecule has 1 saturated heterocycles. The predicted octanol–water partition coefficient (Wildman–Crippen LogP) is 3.56. The molecule has 106 valence electrons. The van der Waals surface area contributed by atoms with Gasteiger partial charge in [0.15, 0.2) is 0 Å². The van der Waals surface area contributed by atoms with E-state index in [1.54, 1.807) is 0 Å². The van der Waals surface area contributed by atoms with Crippen LogP contribution in [-0.4, -0.2) is 24.8 Å². The van der Waals surface area contributed by atoms with Crippen molar-refractivity contribution in [1.82, 2.24) is 0 Å². The zero-order valence-corrected chi connectivity index (χ0v) is 12.5. The first-order chi connectivity index (χ1) is 8.29. The van der Waals surface area contributed by atoms with Crippen molar-refractivity contribution in [3.05, 3.63) is 0 Å². The third kappa shape index (κ3) is 3.98. The molecule has 18 heavy (non-hydrogen) atoms. The molecule has 0 aromatic carbocycles. The molecule has 0 bridgehead atoms. The van der Waals surface area contributed by atoms with Gasteiger partial charge in [0.1, 0.15) is 5.60 Å². The predicted molar refractivity (Wildman–Crippen MR) is 72.4 cm³/mol. The van der Waals surface area contributed by atoms with E-state index in [0.717, 1.165) is 38.9 Å². The van der Waals surface area contributed by atoms with Crippen LogP contribution in [0.5, 0.6) is 0 Å². The van der Waals surface area contributed by atoms with E-state index < -0.39 is 11.0 Å². The van der Waals surface area contributed by atoms with Crippen LogP contribution in [0.15, 0.2) is 0 Å². The van der Waals surface area contributed by atoms with Gasteiger partial charge in [-0.05, 0) is 53.4 Å². The van der Waals surface area contributed by atoms with Crippen molar-refractivity contribution in [2.75, 3.05) is 13.2 Å². The standard InChI is InChI=1S/C15H28O3/c1-6-14(2,3)13(16)18-15(4,5)12-8-7-10-17-11-9-12/h12H,6-11H2,1-5H3. The van der Waals surface area contributed by atoms with E-state index >= 15 is 0 Å². The molecule has 1 aliphatic heterocycles. The monoisotopic (exact) mass is 256 g/mol. The number of ether oxygens (including phenoxy) is 2. The van der Waals surface area contributed by atoms with Crippen LogP contribution >= 0.6 is 0 Å². The Morgan fingerprint density at radius 1 is 1.22 bits per heavy atom. The smallest absolute Gasteiger partial charge is 0.312 e. The molecule has 0 saturated carbocycles. The van der Waals surface area contributed by atoms with E-state index in [1.165, 1.54) is 0 Å². The average molecular weight is 256 g/mol. The van der Waals surface area contributed by atoms with Gasteiger partial charge in [-0.1, -0.05) is 6.92 Å². The first-order valence-corrected chi connectivity index (χ1v) is 7.11. The van der Waals surface area contributed by atoms with Gasteiger partial charge in [-0.15, -0.1) is 0 Å². The van der Waals surface area contributed by atoms with Gasteiger partial charge < -0.3 is 9.47 Å². The topological polar surface area (TPSA) is 35.5 Å². The summed E-state index contributed by atoms with van der Waals surface area (Å²) in [6, 6.07) is 0. The highest BCUT2D eigenvalue weighted by molar-refractivity contribution is 5.76. The fourth-order valence-electron chi connectivity index (χ4n) is 2.20. The maximum atomic E-state index is 12.2. The number of hydrogen-bond donors (Lipinski definition) is 0. The van der Waals surface area contributed by atoms with Crippen molar-refractivity contribution in [2.24, 2.45) is 11.3 Å². The summed E-state index contributed by atoms with van der Waals surface area (Å²) in [5.74, 6) is 0.316. The number of carbonyl (C=O) groups excluding carboxylic acids is 1. The molecule has 0 aromatic rings. The van der Waals surface area contributed by atoms with Crippen LogP contribution in [0.25, 0.3) is 0 Å². The van der Waals surface area contributed by atoms with Crippen molar-refractivity contribution in [3.8, 4) is 0 Å². The van der Waals surface area contributed by atoms with Crippen LogP contribution < -0.4 is 0 Å². The molecule has 0 spiro atoms. The summed E-state index contributed by atoms with van der Waals surface area (Å²) in [4.78, 5) is 12.2. The summed E-state index contributed by atoms with van der Waals surface area (Å²) < 4.78 is 11.3. The van der Waals surface area contributed by atoms with Crippen LogP contribution in [0.2, 0.25) is 0 Å². The lowest BCUT2D eigenvalue weighted by Crippen LogP contribution is -2.41. The highest BCUT2D eigenvalue weighted by atomic mass is 16.6. The maximum absolute atomic E-state index is 12.2. The van der Waals surface area contributed by atoms with Gasteiger partial charge in [-0.3, -0.25) is 4.79 Å². The number of esters is 1. The largest absolute Gasteiger partial charge is 0.459 e. The normalized spacial score (nSPS) is 22.4. The molecule has 3 heteroatoms. The fourth-order valence-corrected chi connectivity index (χ4v) is 2.20. The third-order valence-electron chi connectivity index (χ3n) is 4.23. The summed E-state index contributed by atoms with van der Waals surface area (Å²) in [5, 5.41) is 0. The van der Waals surface area contributed by atoms with Gasteiger partial charge in [0, 0.05) is 19.1 Å². The van der Waals surface area contributed by atoms with Crippen LogP contribution in [0.3, 0.4) is 0 Å². The molecule has 0 amide bonds. The van der Waals surface area contributed by atoms with E-state index in [4.69, 9.17) is 9.47 Å². The number of hydrogen-bond acceptors (Lipinski definition) is 3. The van der Waals surface area contributed by atoms with E-state index in [9.17, 15) is 4.79 Å². The highest BCUT2D eigenvalue weighted by Crippen LogP contribution is 2.33. The second kappa shape index (κ2) is 6.05. The van der Waals surface area contributed by atoms with E-state index in [0.29, 0.717) is 5.92 Å². The Morgan fingerprint density at radius 2 is 1.89 bits per heavy atom. The minimum atomic E-state index is -0.392. The second-order valence-electron chi connectivity index (χ2n) is 6.47. The molecule has 1 fully saturated rings. The number of carbonyl (C=O) groups is 1. The first-order valence-electron chi connectivity index (χ1n) is 7.11. The molecule has 0 aliphatic carbocycles. The van der Waals surface area contributed by atoms with Crippen molar-refractivity contribution in [1.29, 1.82) is 0 Å². The van der Waals surface area contributed by atoms with Crippen molar-refractivity contribution < 1.29 is 14.3 Å². The van der Waals surface area contributed by atoms with E-state index in [1.807, 2.05) is 34.6 Å². The quantitative estimate of drug-likeness (QED) is 0.721. The van der Waals surface area contributed by atoms with Crippen molar-refractivity contribution >= 4 is 5.97 Å². The lowest BCUT2D eigenvalue weighted by atomic mass is 9.84. The van der Waals surface area contributed by atoms with Crippen LogP contribution in [0.1, 0.15) is 60.3 Å². The fraction of sp³-hybridized carbons (Fsp3) is 0.933. The van der Waals surface area contributed by atoms with Gasteiger partial charge in [0.05, 0.1) is 5.41 Å². The maximum Gasteiger partial charge on any atom is 0.312 e. The Hall–Kier alpha value is -0.570. The van der Waals surface area contributed by atoms with Crippen LogP contribution in [0.4, 0.5) is 0 Å². The zero-order valence-electron chi connectivity index (χ0n) is 12.5. The van der Waals surface area contributed by atoms with Crippen molar-refractivity contribution in [3.63, 3.8) is 0 Å². The first kappa shape index (κ1) is 15.5. The Kier molecular flexibility index (Phi) is 5.20. The summed E-state index contributed by atoms with van der Waals surface area (Å²) in [6.07, 6.45) is 3.91. The molecule has 1 atom stereocenters. The number of rotatable bonds is 4. The van der Waals surface area contributed by atoms with Gasteiger partial charge >= 0.3 is 5.97 Å². The van der Waals surface area contributed by atoms with Crippen LogP contribution in [0, 0.1) is 11.3 Å². The molecule has 0 radical (unpaired) electrons. The summed E-state index contributed by atoms with van der Waals surface area (Å²) in [6.45, 7) is 11.6. The molecule has 1 aliphatic rings. The molecule has 3 nitrogen and oxygen atoms in total. The SMILES string of the molecule is CCC(C)(C)C(=O)OC(C)(C)C1CCCOCC1. The van der Waals surface area contributed by atoms with E-state index in [-0.39, 0.29) is 5.97 Å². The van der Waals surface area contributed by atoms with Gasteiger partial charge in [0.2, 0.25) is 0 Å². The van der Waals surface area contributed by atoms with E-state index in [2.05, 4.69) is 0 Å². The van der Waals surface area contributed by atoms with Crippen LogP contribution in [-0.2, 0) is 14.3 Å². The van der Waals surface area contributed by atoms with Crippen molar-refractivity contribution in [2.45, 2.75) is 65.9 Å². The Morgan fingerprint density at radius 3 is 2.50 bits per heavy atom. The molecule has 1 unspecified atom stereocenters. The van der Waals surface area contributed by atoms with Gasteiger partial charge in [-0.2, -0.15) is 0 Å². The minimum Gasteiger partial charge on any atom is -0.459 e. The molecule has 1 heterocycles. The van der Waals surface area contributed by atoms with Gasteiger partial charge in [0.25, 0.3) is 0 Å². The zero-order chi connectivity index (χ0) is 13.8. The molecule has 0 N–H and O–H groups in total. The Bertz CT molecular complexity index is 273. The lowest BCUT2D eigenvalue weighted by Gasteiger charge is -2.36.